The number of aliphatic carboxylic acids is 1. The Morgan fingerprint density at radius 1 is 1.17 bits per heavy atom. The molecule has 5 atom stereocenters. The minimum absolute atomic E-state index is 0.130. The van der Waals surface area contributed by atoms with Crippen LogP contribution < -0.4 is 0 Å². The van der Waals surface area contributed by atoms with E-state index >= 15 is 0 Å². The van der Waals surface area contributed by atoms with E-state index in [1.807, 2.05) is 0 Å². The van der Waals surface area contributed by atoms with Crippen LogP contribution in [0.1, 0.15) is 46.0 Å². The zero-order valence-corrected chi connectivity index (χ0v) is 14.1. The van der Waals surface area contributed by atoms with E-state index in [9.17, 15) is 9.90 Å². The van der Waals surface area contributed by atoms with E-state index in [0.29, 0.717) is 24.2 Å². The third-order valence-corrected chi connectivity index (χ3v) is 7.36. The van der Waals surface area contributed by atoms with Crippen LogP contribution in [-0.2, 0) is 4.79 Å². The molecule has 0 aliphatic heterocycles. The molecule has 0 bridgehead atoms. The van der Waals surface area contributed by atoms with Crippen LogP contribution in [0.15, 0.2) is 47.6 Å². The molecule has 1 N–H and O–H groups in total. The highest BCUT2D eigenvalue weighted by atomic mass is 16.4. The smallest absolute Gasteiger partial charge is 0.303 e. The molecule has 4 aliphatic rings. The van der Waals surface area contributed by atoms with Crippen molar-refractivity contribution in [3.05, 3.63) is 47.6 Å². The van der Waals surface area contributed by atoms with Gasteiger partial charge in [-0.25, -0.2) is 0 Å². The maximum Gasteiger partial charge on any atom is 0.303 e. The normalized spacial score (nSPS) is 44.0. The van der Waals surface area contributed by atoms with Gasteiger partial charge >= 0.3 is 5.97 Å². The molecule has 0 spiro atoms. The Labute approximate surface area is 138 Å². The molecule has 0 radical (unpaired) electrons. The van der Waals surface area contributed by atoms with Crippen LogP contribution in [0.2, 0.25) is 0 Å². The summed E-state index contributed by atoms with van der Waals surface area (Å²) in [7, 11) is 0. The van der Waals surface area contributed by atoms with Crippen molar-refractivity contribution in [2.24, 2.45) is 28.6 Å². The second kappa shape index (κ2) is 4.96. The van der Waals surface area contributed by atoms with Crippen molar-refractivity contribution in [2.75, 3.05) is 0 Å². The summed E-state index contributed by atoms with van der Waals surface area (Å²) in [5, 5.41) is 9.27. The highest BCUT2D eigenvalue weighted by Gasteiger charge is 2.55. The van der Waals surface area contributed by atoms with Crippen LogP contribution in [-0.4, -0.2) is 11.1 Å². The number of rotatable bonds is 2. The molecule has 0 unspecified atom stereocenters. The molecule has 2 fully saturated rings. The third-order valence-electron chi connectivity index (χ3n) is 7.36. The number of hydrogen-bond donors (Lipinski definition) is 1. The average molecular weight is 310 g/mol. The maximum atomic E-state index is 11.3. The van der Waals surface area contributed by atoms with Gasteiger partial charge < -0.3 is 5.11 Å². The van der Waals surface area contributed by atoms with Crippen molar-refractivity contribution in [1.29, 1.82) is 0 Å². The van der Waals surface area contributed by atoms with Gasteiger partial charge in [0.25, 0.3) is 0 Å². The zero-order chi connectivity index (χ0) is 16.2. The predicted octanol–water partition coefficient (Wildman–Crippen LogP) is 4.90. The number of hydrogen-bond acceptors (Lipinski definition) is 1. The van der Waals surface area contributed by atoms with Gasteiger partial charge in [-0.1, -0.05) is 55.9 Å². The molecule has 4 rings (SSSR count). The maximum absolute atomic E-state index is 11.3. The average Bonchev–Trinajstić information content (AvgIpc) is 2.83. The second-order valence-corrected chi connectivity index (χ2v) is 8.31. The summed E-state index contributed by atoms with van der Waals surface area (Å²) in [6, 6.07) is 0. The molecule has 0 heterocycles. The van der Waals surface area contributed by atoms with E-state index in [1.54, 1.807) is 5.57 Å². The molecule has 23 heavy (non-hydrogen) atoms. The van der Waals surface area contributed by atoms with E-state index in [-0.39, 0.29) is 10.8 Å². The number of carboxylic acid groups (broad SMARTS) is 1. The van der Waals surface area contributed by atoms with Gasteiger partial charge in [0, 0.05) is 11.8 Å². The van der Waals surface area contributed by atoms with Crippen molar-refractivity contribution < 1.29 is 9.90 Å². The number of carboxylic acids is 1. The van der Waals surface area contributed by atoms with Gasteiger partial charge in [-0.3, -0.25) is 4.79 Å². The summed E-state index contributed by atoms with van der Waals surface area (Å²) in [6.07, 6.45) is 18.6. The summed E-state index contributed by atoms with van der Waals surface area (Å²) in [5.74, 6) is 0.864. The fourth-order valence-corrected chi connectivity index (χ4v) is 5.96. The summed E-state index contributed by atoms with van der Waals surface area (Å²) in [6.45, 7) is 4.73. The van der Waals surface area contributed by atoms with Gasteiger partial charge in [0.1, 0.15) is 0 Å². The Bertz CT molecular complexity index is 665. The standard InChI is InChI=1S/C21H26O2/c1-20-11-4-3-5-14(20)6-8-16-17-9-7-15(13-19(22)23)21(17,2)12-10-18(16)20/h3-6,8,11,15,17-18H,7,9-10,12-13H2,1-2H3,(H,22,23)/t15-,17+,18+,20+,21-/m1/s1. The molecule has 0 aromatic rings. The zero-order valence-electron chi connectivity index (χ0n) is 14.1. The van der Waals surface area contributed by atoms with Gasteiger partial charge in [0.05, 0.1) is 0 Å². The summed E-state index contributed by atoms with van der Waals surface area (Å²) in [5.41, 5.74) is 3.33. The van der Waals surface area contributed by atoms with Gasteiger partial charge in [-0.2, -0.15) is 0 Å². The number of allylic oxidation sites excluding steroid dienone is 8. The Hall–Kier alpha value is -1.57. The quantitative estimate of drug-likeness (QED) is 0.787. The fraction of sp³-hybridized carbons (Fsp3) is 0.571. The van der Waals surface area contributed by atoms with Gasteiger partial charge in [-0.05, 0) is 54.4 Å². The molecule has 122 valence electrons. The number of fused-ring (bicyclic) bond motifs is 5. The highest BCUT2D eigenvalue weighted by molar-refractivity contribution is 5.67. The van der Waals surface area contributed by atoms with E-state index in [1.165, 1.54) is 12.0 Å². The first-order valence-electron chi connectivity index (χ1n) is 8.95. The highest BCUT2D eigenvalue weighted by Crippen LogP contribution is 2.64. The monoisotopic (exact) mass is 310 g/mol. The van der Waals surface area contributed by atoms with Crippen LogP contribution in [0, 0.1) is 28.6 Å². The lowest BCUT2D eigenvalue weighted by Crippen LogP contribution is -2.43. The van der Waals surface area contributed by atoms with Crippen molar-refractivity contribution in [1.82, 2.24) is 0 Å². The summed E-state index contributed by atoms with van der Waals surface area (Å²) in [4.78, 5) is 11.3. The first-order chi connectivity index (χ1) is 10.9. The molecule has 4 aliphatic carbocycles. The van der Waals surface area contributed by atoms with Crippen molar-refractivity contribution in [3.63, 3.8) is 0 Å². The van der Waals surface area contributed by atoms with Crippen LogP contribution in [0.5, 0.6) is 0 Å². The minimum Gasteiger partial charge on any atom is -0.481 e. The lowest BCUT2D eigenvalue weighted by molar-refractivity contribution is -0.139. The van der Waals surface area contributed by atoms with Gasteiger partial charge in [0.2, 0.25) is 0 Å². The van der Waals surface area contributed by atoms with E-state index in [4.69, 9.17) is 0 Å². The van der Waals surface area contributed by atoms with Crippen molar-refractivity contribution in [3.8, 4) is 0 Å². The molecular weight excluding hydrogens is 284 g/mol. The SMILES string of the molecule is C[C@]12CC[C@H]3C(=CC=C4C=CC=C[C@@]43C)[C@@H]1CC[C@@H]2CC(=O)O. The topological polar surface area (TPSA) is 37.3 Å². The third kappa shape index (κ3) is 2.03. The minimum atomic E-state index is -0.633. The Morgan fingerprint density at radius 2 is 2.00 bits per heavy atom. The summed E-state index contributed by atoms with van der Waals surface area (Å²) < 4.78 is 0. The van der Waals surface area contributed by atoms with Crippen LogP contribution >= 0.6 is 0 Å². The van der Waals surface area contributed by atoms with Crippen molar-refractivity contribution >= 4 is 5.97 Å². The van der Waals surface area contributed by atoms with E-state index < -0.39 is 5.97 Å². The molecule has 2 nitrogen and oxygen atoms in total. The Morgan fingerprint density at radius 3 is 2.78 bits per heavy atom. The lowest BCUT2D eigenvalue weighted by Gasteiger charge is -2.52. The van der Waals surface area contributed by atoms with Crippen molar-refractivity contribution in [2.45, 2.75) is 46.0 Å². The first kappa shape index (κ1) is 15.0. The summed E-state index contributed by atoms with van der Waals surface area (Å²) >= 11 is 0. The first-order valence-corrected chi connectivity index (χ1v) is 8.95. The number of carbonyl (C=O) groups is 1. The van der Waals surface area contributed by atoms with Gasteiger partial charge in [-0.15, -0.1) is 0 Å². The lowest BCUT2D eigenvalue weighted by atomic mass is 9.52. The predicted molar refractivity (Wildman–Crippen MR) is 91.9 cm³/mol. The second-order valence-electron chi connectivity index (χ2n) is 8.31. The molecular formula is C21H26O2. The van der Waals surface area contributed by atoms with Crippen LogP contribution in [0.25, 0.3) is 0 Å². The fourth-order valence-electron chi connectivity index (χ4n) is 5.96. The van der Waals surface area contributed by atoms with Crippen LogP contribution in [0.3, 0.4) is 0 Å². The molecule has 0 aromatic heterocycles. The van der Waals surface area contributed by atoms with E-state index in [0.717, 1.165) is 19.3 Å². The molecule has 2 saturated carbocycles. The molecule has 0 aromatic carbocycles. The van der Waals surface area contributed by atoms with E-state index in [2.05, 4.69) is 50.3 Å². The molecule has 0 amide bonds. The Balaban J connectivity index is 1.71. The molecule has 2 heteroatoms. The largest absolute Gasteiger partial charge is 0.481 e. The Kier molecular flexibility index (Phi) is 3.23. The van der Waals surface area contributed by atoms with Gasteiger partial charge in [0.15, 0.2) is 0 Å². The molecule has 0 saturated heterocycles. The van der Waals surface area contributed by atoms with Crippen LogP contribution in [0.4, 0.5) is 0 Å².